The number of imidazole rings is 1. The van der Waals surface area contributed by atoms with Gasteiger partial charge in [-0.1, -0.05) is 0 Å². The van der Waals surface area contributed by atoms with Crippen LogP contribution < -0.4 is 5.73 Å². The van der Waals surface area contributed by atoms with Crippen LogP contribution >= 0.6 is 0 Å². The van der Waals surface area contributed by atoms with Crippen molar-refractivity contribution in [2.75, 3.05) is 13.1 Å². The molecule has 1 aliphatic rings. The molecule has 0 unspecified atom stereocenters. The first kappa shape index (κ1) is 16.6. The predicted octanol–water partition coefficient (Wildman–Crippen LogP) is 0.655. The standard InChI is InChI=1S/C17H18N6O2/c18-8-14-4-3-12(9-21-14)17(25)23-6-1-2-13(10-23)16-20-5-7-22(16)11-15(19)24/h3-5,7,9,13H,1-2,6,10-11H2,(H2,19,24)/t13-/m1/s1. The van der Waals surface area contributed by atoms with E-state index in [-0.39, 0.29) is 24.1 Å². The van der Waals surface area contributed by atoms with Crippen LogP contribution in [0.3, 0.4) is 0 Å². The Labute approximate surface area is 144 Å². The number of carbonyl (C=O) groups excluding carboxylic acids is 2. The molecular formula is C17H18N6O2. The Morgan fingerprint density at radius 2 is 2.20 bits per heavy atom. The summed E-state index contributed by atoms with van der Waals surface area (Å²) in [6.07, 6.45) is 6.54. The number of primary amides is 1. The SMILES string of the molecule is N#Cc1ccc(C(=O)N2CCC[C@@H](c3nccn3CC(N)=O)C2)cn1. The molecule has 25 heavy (non-hydrogen) atoms. The quantitative estimate of drug-likeness (QED) is 0.878. The van der Waals surface area contributed by atoms with Crippen LogP contribution in [-0.4, -0.2) is 44.3 Å². The van der Waals surface area contributed by atoms with Crippen molar-refractivity contribution in [1.82, 2.24) is 19.4 Å². The van der Waals surface area contributed by atoms with Crippen LogP contribution in [0.2, 0.25) is 0 Å². The van der Waals surface area contributed by atoms with Gasteiger partial charge >= 0.3 is 0 Å². The fourth-order valence-electron chi connectivity index (χ4n) is 3.12. The maximum Gasteiger partial charge on any atom is 0.255 e. The number of nitriles is 1. The Hall–Kier alpha value is -3.21. The second-order valence-corrected chi connectivity index (χ2v) is 6.01. The van der Waals surface area contributed by atoms with Gasteiger partial charge in [0.2, 0.25) is 5.91 Å². The Kier molecular flexibility index (Phi) is 4.75. The number of aromatic nitrogens is 3. The van der Waals surface area contributed by atoms with E-state index in [2.05, 4.69) is 9.97 Å². The van der Waals surface area contributed by atoms with Crippen molar-refractivity contribution in [3.05, 3.63) is 47.8 Å². The maximum atomic E-state index is 12.7. The van der Waals surface area contributed by atoms with Gasteiger partial charge in [-0.05, 0) is 25.0 Å². The number of rotatable bonds is 4. The van der Waals surface area contributed by atoms with Crippen LogP contribution in [-0.2, 0) is 11.3 Å². The molecule has 8 heteroatoms. The third-order valence-corrected chi connectivity index (χ3v) is 4.27. The van der Waals surface area contributed by atoms with E-state index in [1.54, 1.807) is 27.9 Å². The highest BCUT2D eigenvalue weighted by Gasteiger charge is 2.28. The smallest absolute Gasteiger partial charge is 0.255 e. The number of nitrogens with two attached hydrogens (primary N) is 1. The minimum absolute atomic E-state index is 0.0541. The Morgan fingerprint density at radius 1 is 1.36 bits per heavy atom. The van der Waals surface area contributed by atoms with Crippen molar-refractivity contribution in [2.24, 2.45) is 5.73 Å². The highest BCUT2D eigenvalue weighted by atomic mass is 16.2. The molecule has 0 radical (unpaired) electrons. The molecule has 1 fully saturated rings. The molecule has 0 aromatic carbocycles. The number of nitrogens with zero attached hydrogens (tertiary/aromatic N) is 5. The molecule has 0 bridgehead atoms. The average molecular weight is 338 g/mol. The fourth-order valence-corrected chi connectivity index (χ4v) is 3.12. The van der Waals surface area contributed by atoms with Crippen LogP contribution in [0.5, 0.6) is 0 Å². The van der Waals surface area contributed by atoms with Crippen LogP contribution in [0.25, 0.3) is 0 Å². The average Bonchev–Trinajstić information content (AvgIpc) is 3.08. The second kappa shape index (κ2) is 7.13. The number of carbonyl (C=O) groups is 2. The van der Waals surface area contributed by atoms with Gasteiger partial charge in [-0.25, -0.2) is 9.97 Å². The molecule has 8 nitrogen and oxygen atoms in total. The van der Waals surface area contributed by atoms with Crippen molar-refractivity contribution in [2.45, 2.75) is 25.3 Å². The summed E-state index contributed by atoms with van der Waals surface area (Å²) in [5.74, 6) is 0.286. The van der Waals surface area contributed by atoms with Crippen molar-refractivity contribution in [3.8, 4) is 6.07 Å². The van der Waals surface area contributed by atoms with E-state index in [0.717, 1.165) is 18.7 Å². The van der Waals surface area contributed by atoms with E-state index in [0.29, 0.717) is 18.7 Å². The van der Waals surface area contributed by atoms with Crippen LogP contribution in [0.15, 0.2) is 30.7 Å². The van der Waals surface area contributed by atoms with Crippen molar-refractivity contribution < 1.29 is 9.59 Å². The number of likely N-dealkylation sites (tertiary alicyclic amines) is 1. The zero-order chi connectivity index (χ0) is 17.8. The van der Waals surface area contributed by atoms with E-state index < -0.39 is 5.91 Å². The summed E-state index contributed by atoms with van der Waals surface area (Å²) < 4.78 is 1.74. The molecule has 2 N–H and O–H groups in total. The normalized spacial score (nSPS) is 17.1. The van der Waals surface area contributed by atoms with E-state index in [1.165, 1.54) is 12.3 Å². The molecule has 3 heterocycles. The summed E-state index contributed by atoms with van der Waals surface area (Å²) in [6, 6.07) is 5.09. The number of hydrogen-bond acceptors (Lipinski definition) is 5. The predicted molar refractivity (Wildman–Crippen MR) is 88.3 cm³/mol. The van der Waals surface area contributed by atoms with E-state index in [4.69, 9.17) is 11.0 Å². The lowest BCUT2D eigenvalue weighted by molar-refractivity contribution is -0.118. The van der Waals surface area contributed by atoms with Crippen molar-refractivity contribution in [3.63, 3.8) is 0 Å². The molecule has 128 valence electrons. The summed E-state index contributed by atoms with van der Waals surface area (Å²) >= 11 is 0. The molecule has 1 atom stereocenters. The Bertz CT molecular complexity index is 820. The molecule has 2 amide bonds. The minimum atomic E-state index is -0.424. The number of piperidine rings is 1. The summed E-state index contributed by atoms with van der Waals surface area (Å²) in [5, 5.41) is 8.79. The first-order chi connectivity index (χ1) is 12.1. The first-order valence-corrected chi connectivity index (χ1v) is 8.03. The summed E-state index contributed by atoms with van der Waals surface area (Å²) in [5.41, 5.74) is 6.01. The fraction of sp³-hybridized carbons (Fsp3) is 0.353. The molecule has 1 aliphatic heterocycles. The number of pyridine rings is 1. The van der Waals surface area contributed by atoms with E-state index in [9.17, 15) is 9.59 Å². The highest BCUT2D eigenvalue weighted by Crippen LogP contribution is 2.26. The van der Waals surface area contributed by atoms with Gasteiger partial charge in [0, 0.05) is 37.6 Å². The molecule has 2 aromatic heterocycles. The summed E-state index contributed by atoms with van der Waals surface area (Å²) in [7, 11) is 0. The number of amides is 2. The number of hydrogen-bond donors (Lipinski definition) is 1. The molecular weight excluding hydrogens is 320 g/mol. The molecule has 2 aromatic rings. The lowest BCUT2D eigenvalue weighted by Crippen LogP contribution is -2.40. The van der Waals surface area contributed by atoms with Gasteiger partial charge in [0.25, 0.3) is 5.91 Å². The Morgan fingerprint density at radius 3 is 2.88 bits per heavy atom. The van der Waals surface area contributed by atoms with Gasteiger partial charge in [-0.15, -0.1) is 0 Å². The third kappa shape index (κ3) is 3.66. The molecule has 0 spiro atoms. The topological polar surface area (TPSA) is 118 Å². The van der Waals surface area contributed by atoms with Gasteiger partial charge in [0.15, 0.2) is 0 Å². The highest BCUT2D eigenvalue weighted by molar-refractivity contribution is 5.94. The van der Waals surface area contributed by atoms with E-state index >= 15 is 0 Å². The largest absolute Gasteiger partial charge is 0.368 e. The lowest BCUT2D eigenvalue weighted by atomic mass is 9.96. The molecule has 0 saturated carbocycles. The van der Waals surface area contributed by atoms with Gasteiger partial charge in [0.1, 0.15) is 24.1 Å². The molecule has 1 saturated heterocycles. The van der Waals surface area contributed by atoms with Gasteiger partial charge < -0.3 is 15.2 Å². The second-order valence-electron chi connectivity index (χ2n) is 6.01. The lowest BCUT2D eigenvalue weighted by Gasteiger charge is -2.32. The van der Waals surface area contributed by atoms with Crippen LogP contribution in [0.1, 0.15) is 40.6 Å². The van der Waals surface area contributed by atoms with Gasteiger partial charge in [-0.2, -0.15) is 5.26 Å². The first-order valence-electron chi connectivity index (χ1n) is 8.03. The Balaban J connectivity index is 1.74. The van der Waals surface area contributed by atoms with E-state index in [1.807, 2.05) is 6.07 Å². The minimum Gasteiger partial charge on any atom is -0.368 e. The van der Waals surface area contributed by atoms with Crippen LogP contribution in [0.4, 0.5) is 0 Å². The van der Waals surface area contributed by atoms with Crippen molar-refractivity contribution >= 4 is 11.8 Å². The monoisotopic (exact) mass is 338 g/mol. The molecule has 3 rings (SSSR count). The maximum absolute atomic E-state index is 12.7. The molecule has 0 aliphatic carbocycles. The third-order valence-electron chi connectivity index (χ3n) is 4.27. The summed E-state index contributed by atoms with van der Waals surface area (Å²) in [4.78, 5) is 33.9. The van der Waals surface area contributed by atoms with Gasteiger partial charge in [0.05, 0.1) is 5.56 Å². The van der Waals surface area contributed by atoms with Crippen molar-refractivity contribution in [1.29, 1.82) is 5.26 Å². The van der Waals surface area contributed by atoms with Crippen LogP contribution in [0, 0.1) is 11.3 Å². The zero-order valence-corrected chi connectivity index (χ0v) is 13.6. The summed E-state index contributed by atoms with van der Waals surface area (Å²) in [6.45, 7) is 1.26. The zero-order valence-electron chi connectivity index (χ0n) is 13.6. The van der Waals surface area contributed by atoms with Gasteiger partial charge in [-0.3, -0.25) is 9.59 Å².